The molecule has 0 radical (unpaired) electrons. The predicted molar refractivity (Wildman–Crippen MR) is 22.9 cm³/mol. The molecule has 0 bridgehead atoms. The molecule has 0 aromatic rings. The monoisotopic (exact) mass is 86.0 g/mol. The third kappa shape index (κ3) is 1050. The van der Waals surface area contributed by atoms with Crippen LogP contribution < -0.4 is 0 Å². The first kappa shape index (κ1) is 8.86. The first-order valence-corrected chi connectivity index (χ1v) is 1.20. The number of aliphatic hydroxyl groups excluding tert-OH is 2. The van der Waals surface area contributed by atoms with Crippen molar-refractivity contribution < 1.29 is 10.2 Å². The Labute approximate surface area is 36.7 Å². The highest BCUT2D eigenvalue weighted by Crippen LogP contribution is 1.24. The van der Waals surface area contributed by atoms with E-state index in [2.05, 4.69) is 13.2 Å². The van der Waals surface area contributed by atoms with E-state index in [0.29, 0.717) is 0 Å². The molecule has 0 atom stereocenters. The highest BCUT2D eigenvalue weighted by atomic mass is 16.3. The first-order valence-electron chi connectivity index (χ1n) is 1.20. The van der Waals surface area contributed by atoms with Gasteiger partial charge in [0.1, 0.15) is 0 Å². The Morgan fingerprint density at radius 2 is 1.17 bits per heavy atom. The van der Waals surface area contributed by atoms with Crippen LogP contribution in [0.25, 0.3) is 0 Å². The number of hydrogen-bond donors (Lipinski definition) is 2. The molecule has 0 unspecified atom stereocenters. The predicted octanol–water partition coefficient (Wildman–Crippen LogP) is 0.452. The van der Waals surface area contributed by atoms with Gasteiger partial charge in [-0.2, -0.15) is 0 Å². The molecule has 2 nitrogen and oxygen atoms in total. The van der Waals surface area contributed by atoms with E-state index in [1.165, 1.54) is 12.2 Å². The van der Waals surface area contributed by atoms with Crippen molar-refractivity contribution >= 4 is 0 Å². The minimum atomic E-state index is 1.24. The van der Waals surface area contributed by atoms with Crippen molar-refractivity contribution in [1.29, 1.82) is 0 Å². The lowest BCUT2D eigenvalue weighted by molar-refractivity contribution is 0.471. The van der Waals surface area contributed by atoms with Gasteiger partial charge in [0.15, 0.2) is 12.2 Å². The van der Waals surface area contributed by atoms with Crippen LogP contribution in [-0.4, -0.2) is 10.2 Å². The Morgan fingerprint density at radius 1 is 1.00 bits per heavy atom. The summed E-state index contributed by atoms with van der Waals surface area (Å²) in [6.45, 7) is 6.00. The zero-order valence-corrected chi connectivity index (χ0v) is 3.31. The Morgan fingerprint density at radius 3 is 1.17 bits per heavy atom. The van der Waals surface area contributed by atoms with Gasteiger partial charge in [-0.3, -0.25) is 0 Å². The highest BCUT2D eigenvalue weighted by molar-refractivity contribution is 4.72. The second-order valence-corrected chi connectivity index (χ2v) is 0.224. The van der Waals surface area contributed by atoms with Crippen molar-refractivity contribution in [1.82, 2.24) is 0 Å². The highest BCUT2D eigenvalue weighted by Gasteiger charge is 1.30. The maximum atomic E-state index is 7.26. The SMILES string of the molecule is C=C.OC#CO. The fourth-order valence-corrected chi connectivity index (χ4v) is 0. The summed E-state index contributed by atoms with van der Waals surface area (Å²) in [6, 6.07) is 0. The summed E-state index contributed by atoms with van der Waals surface area (Å²) >= 11 is 0. The molecule has 0 fully saturated rings. The second-order valence-electron chi connectivity index (χ2n) is 0.224. The summed E-state index contributed by atoms with van der Waals surface area (Å²) in [6.07, 6.45) is 2.47. The van der Waals surface area contributed by atoms with Gasteiger partial charge in [0, 0.05) is 0 Å². The second kappa shape index (κ2) is 40.5. The maximum Gasteiger partial charge on any atom is 0.152 e. The average Bonchev–Trinajstić information content (AvgIpc) is 1.72. The van der Waals surface area contributed by atoms with Crippen molar-refractivity contribution in [3.05, 3.63) is 13.2 Å². The van der Waals surface area contributed by atoms with Gasteiger partial charge in [-0.15, -0.1) is 13.2 Å². The van der Waals surface area contributed by atoms with Gasteiger partial charge >= 0.3 is 0 Å². The molecule has 0 spiro atoms. The summed E-state index contributed by atoms with van der Waals surface area (Å²) < 4.78 is 0. The Kier molecular flexibility index (Phi) is 59.8. The molecule has 6 heavy (non-hydrogen) atoms. The molecule has 0 saturated heterocycles. The number of rotatable bonds is 0. The molecule has 2 N–H and O–H groups in total. The zero-order valence-electron chi connectivity index (χ0n) is 3.31. The molecule has 0 aliphatic rings. The molecule has 0 rings (SSSR count). The van der Waals surface area contributed by atoms with Gasteiger partial charge < -0.3 is 10.2 Å². The van der Waals surface area contributed by atoms with Crippen LogP contribution in [0.1, 0.15) is 0 Å². The molecule has 34 valence electrons. The minimum Gasteiger partial charge on any atom is -0.460 e. The van der Waals surface area contributed by atoms with Crippen molar-refractivity contribution in [2.75, 3.05) is 0 Å². The van der Waals surface area contributed by atoms with Crippen molar-refractivity contribution in [2.24, 2.45) is 0 Å². The van der Waals surface area contributed by atoms with Gasteiger partial charge in [0.25, 0.3) is 0 Å². The molecule has 0 amide bonds. The lowest BCUT2D eigenvalue weighted by Gasteiger charge is -1.44. The fourth-order valence-electron chi connectivity index (χ4n) is 0. The van der Waals surface area contributed by atoms with Crippen molar-refractivity contribution in [3.8, 4) is 12.2 Å². The van der Waals surface area contributed by atoms with E-state index < -0.39 is 0 Å². The van der Waals surface area contributed by atoms with Crippen LogP contribution in [0.3, 0.4) is 0 Å². The van der Waals surface area contributed by atoms with E-state index in [4.69, 9.17) is 10.2 Å². The molecular formula is C4H6O2. The van der Waals surface area contributed by atoms with Gasteiger partial charge in [0.05, 0.1) is 0 Å². The van der Waals surface area contributed by atoms with E-state index in [-0.39, 0.29) is 0 Å². The van der Waals surface area contributed by atoms with E-state index in [1.54, 1.807) is 0 Å². The van der Waals surface area contributed by atoms with Crippen LogP contribution in [-0.2, 0) is 0 Å². The van der Waals surface area contributed by atoms with E-state index in [0.717, 1.165) is 0 Å². The normalized spacial score (nSPS) is 2.67. The van der Waals surface area contributed by atoms with E-state index in [9.17, 15) is 0 Å². The third-order valence-corrected chi connectivity index (χ3v) is 0.0500. The number of aliphatic hydroxyl groups is 2. The molecular weight excluding hydrogens is 80.0 g/mol. The lowest BCUT2D eigenvalue weighted by atomic mass is 11.2. The third-order valence-electron chi connectivity index (χ3n) is 0.0500. The Hall–Kier alpha value is -1.10. The molecule has 0 heterocycles. The first-order chi connectivity index (χ1) is 2.91. The maximum absolute atomic E-state index is 7.26. The average molecular weight is 86.1 g/mol. The standard InChI is InChI=1S/C2H2O2.C2H4/c3-1-2-4;1-2/h3-4H;1-2H2. The topological polar surface area (TPSA) is 40.5 Å². The summed E-state index contributed by atoms with van der Waals surface area (Å²) in [7, 11) is 0. The van der Waals surface area contributed by atoms with Crippen LogP contribution in [0.2, 0.25) is 0 Å². The van der Waals surface area contributed by atoms with E-state index >= 15 is 0 Å². The van der Waals surface area contributed by atoms with E-state index in [1.807, 2.05) is 0 Å². The van der Waals surface area contributed by atoms with Gasteiger partial charge in [-0.05, 0) is 0 Å². The van der Waals surface area contributed by atoms with Crippen molar-refractivity contribution in [2.45, 2.75) is 0 Å². The minimum absolute atomic E-state index is 1.24. The van der Waals surface area contributed by atoms with Crippen molar-refractivity contribution in [3.63, 3.8) is 0 Å². The van der Waals surface area contributed by atoms with Gasteiger partial charge in [-0.1, -0.05) is 0 Å². The molecule has 2 heteroatoms. The molecule has 0 aromatic carbocycles. The molecule has 0 saturated carbocycles. The Balaban J connectivity index is 0. The fraction of sp³-hybridized carbons (Fsp3) is 0. The van der Waals surface area contributed by atoms with Crippen LogP contribution in [0.5, 0.6) is 0 Å². The van der Waals surface area contributed by atoms with Crippen LogP contribution in [0, 0.1) is 12.2 Å². The summed E-state index contributed by atoms with van der Waals surface area (Å²) in [5.74, 6) is 0. The Bertz CT molecular complexity index is 51.7. The summed E-state index contributed by atoms with van der Waals surface area (Å²) in [5, 5.41) is 14.5. The molecule has 0 aliphatic carbocycles. The number of hydrogen-bond acceptors (Lipinski definition) is 2. The lowest BCUT2D eigenvalue weighted by Crippen LogP contribution is -1.44. The zero-order chi connectivity index (χ0) is 5.41. The van der Waals surface area contributed by atoms with Crippen LogP contribution in [0.15, 0.2) is 13.2 Å². The summed E-state index contributed by atoms with van der Waals surface area (Å²) in [4.78, 5) is 0. The molecule has 0 aromatic heterocycles. The smallest absolute Gasteiger partial charge is 0.152 e. The largest absolute Gasteiger partial charge is 0.460 e. The summed E-state index contributed by atoms with van der Waals surface area (Å²) in [5.41, 5.74) is 0. The van der Waals surface area contributed by atoms with Gasteiger partial charge in [-0.25, -0.2) is 0 Å². The quantitative estimate of drug-likeness (QED) is 0.332. The van der Waals surface area contributed by atoms with Gasteiger partial charge in [0.2, 0.25) is 0 Å². The van der Waals surface area contributed by atoms with Crippen LogP contribution >= 0.6 is 0 Å². The molecule has 0 aliphatic heterocycles. The van der Waals surface area contributed by atoms with Crippen LogP contribution in [0.4, 0.5) is 0 Å².